The highest BCUT2D eigenvalue weighted by atomic mass is 79.9. The van der Waals surface area contributed by atoms with Gasteiger partial charge in [-0.3, -0.25) is 4.79 Å². The van der Waals surface area contributed by atoms with Crippen LogP contribution in [0.5, 0.6) is 5.75 Å². The van der Waals surface area contributed by atoms with Crippen molar-refractivity contribution in [2.24, 2.45) is 5.10 Å². The van der Waals surface area contributed by atoms with Crippen molar-refractivity contribution in [1.29, 1.82) is 0 Å². The van der Waals surface area contributed by atoms with Crippen molar-refractivity contribution in [1.82, 2.24) is 9.99 Å². The number of nitrogens with zero attached hydrogens (tertiary/aromatic N) is 2. The van der Waals surface area contributed by atoms with Crippen LogP contribution in [0.25, 0.3) is 16.9 Å². The summed E-state index contributed by atoms with van der Waals surface area (Å²) in [4.78, 5) is 12.7. The van der Waals surface area contributed by atoms with E-state index in [-0.39, 0.29) is 5.91 Å². The highest BCUT2D eigenvalue weighted by molar-refractivity contribution is 9.11. The fraction of sp³-hybridized carbons (Fsp3) is 0.0909. The molecule has 0 spiro atoms. The maximum Gasteiger partial charge on any atom is 0.271 e. The average Bonchev–Trinajstić information content (AvgIpc) is 3.35. The third kappa shape index (κ3) is 6.43. The van der Waals surface area contributed by atoms with Gasteiger partial charge in [0.05, 0.1) is 20.9 Å². The minimum Gasteiger partial charge on any atom is -0.487 e. The van der Waals surface area contributed by atoms with Crippen molar-refractivity contribution in [3.8, 4) is 22.7 Å². The number of aryl methyl sites for hydroxylation is 2. The molecule has 0 aliphatic rings. The first-order valence-corrected chi connectivity index (χ1v) is 14.3. The molecule has 1 aromatic heterocycles. The van der Waals surface area contributed by atoms with Gasteiger partial charge in [0.15, 0.2) is 0 Å². The van der Waals surface area contributed by atoms with Crippen molar-refractivity contribution >= 4 is 44.0 Å². The summed E-state index contributed by atoms with van der Waals surface area (Å²) >= 11 is 7.17. The maximum atomic E-state index is 12.7. The molecule has 1 heterocycles. The van der Waals surface area contributed by atoms with E-state index in [2.05, 4.69) is 109 Å². The van der Waals surface area contributed by atoms with Crippen LogP contribution in [0.1, 0.15) is 32.7 Å². The Morgan fingerprint density at radius 3 is 2.23 bits per heavy atom. The molecule has 0 saturated carbocycles. The molecule has 1 N–H and O–H groups in total. The average molecular weight is 657 g/mol. The molecule has 40 heavy (non-hydrogen) atoms. The predicted molar refractivity (Wildman–Crippen MR) is 168 cm³/mol. The van der Waals surface area contributed by atoms with Gasteiger partial charge >= 0.3 is 0 Å². The molecule has 5 nitrogen and oxygen atoms in total. The molecule has 5 aromatic rings. The first-order valence-electron chi connectivity index (χ1n) is 12.7. The Morgan fingerprint density at radius 2 is 1.55 bits per heavy atom. The normalized spacial score (nSPS) is 11.1. The van der Waals surface area contributed by atoms with Gasteiger partial charge in [0.25, 0.3) is 5.91 Å². The van der Waals surface area contributed by atoms with Crippen LogP contribution >= 0.6 is 31.9 Å². The molecule has 0 fully saturated rings. The minimum absolute atomic E-state index is 0.286. The van der Waals surface area contributed by atoms with Crippen LogP contribution in [0.15, 0.2) is 117 Å². The second kappa shape index (κ2) is 12.5. The van der Waals surface area contributed by atoms with Crippen molar-refractivity contribution in [3.63, 3.8) is 0 Å². The number of nitrogens with one attached hydrogen (secondary N) is 1. The van der Waals surface area contributed by atoms with E-state index in [9.17, 15) is 4.79 Å². The Kier molecular flexibility index (Phi) is 8.63. The zero-order valence-corrected chi connectivity index (χ0v) is 25.2. The van der Waals surface area contributed by atoms with E-state index in [4.69, 9.17) is 4.74 Å². The van der Waals surface area contributed by atoms with Gasteiger partial charge in [0.1, 0.15) is 12.4 Å². The van der Waals surface area contributed by atoms with Crippen LogP contribution in [-0.4, -0.2) is 16.7 Å². The van der Waals surface area contributed by atoms with E-state index < -0.39 is 0 Å². The number of carbonyl (C=O) groups is 1. The maximum absolute atomic E-state index is 12.7. The Hall–Kier alpha value is -3.94. The van der Waals surface area contributed by atoms with E-state index >= 15 is 0 Å². The highest BCUT2D eigenvalue weighted by Crippen LogP contribution is 2.35. The molecule has 200 valence electrons. The number of aromatic nitrogens is 1. The van der Waals surface area contributed by atoms with Crippen LogP contribution in [0.2, 0.25) is 0 Å². The molecule has 7 heteroatoms. The zero-order valence-electron chi connectivity index (χ0n) is 22.1. The van der Waals surface area contributed by atoms with E-state index in [1.165, 1.54) is 5.56 Å². The van der Waals surface area contributed by atoms with Crippen molar-refractivity contribution in [2.75, 3.05) is 0 Å². The third-order valence-electron chi connectivity index (χ3n) is 6.44. The lowest BCUT2D eigenvalue weighted by Crippen LogP contribution is -2.17. The quantitative estimate of drug-likeness (QED) is 0.134. The molecule has 0 aliphatic heterocycles. The van der Waals surface area contributed by atoms with Gasteiger partial charge in [-0.15, -0.1) is 0 Å². The van der Waals surface area contributed by atoms with E-state index in [0.29, 0.717) is 17.9 Å². The monoisotopic (exact) mass is 655 g/mol. The number of hydrogen-bond donors (Lipinski definition) is 1. The molecule has 4 aromatic carbocycles. The van der Waals surface area contributed by atoms with E-state index in [1.54, 1.807) is 6.21 Å². The van der Waals surface area contributed by atoms with Gasteiger partial charge in [-0.25, -0.2) is 5.43 Å². The summed E-state index contributed by atoms with van der Waals surface area (Å²) in [5.74, 6) is 0.418. The zero-order chi connectivity index (χ0) is 28.1. The van der Waals surface area contributed by atoms with Crippen LogP contribution in [0.4, 0.5) is 0 Å². The lowest BCUT2D eigenvalue weighted by molar-refractivity contribution is 0.0955. The number of benzene rings is 4. The van der Waals surface area contributed by atoms with Crippen LogP contribution in [0, 0.1) is 13.8 Å². The summed E-state index contributed by atoms with van der Waals surface area (Å²) in [6, 6.07) is 34.0. The predicted octanol–water partition coefficient (Wildman–Crippen LogP) is 8.63. The van der Waals surface area contributed by atoms with Crippen LogP contribution in [-0.2, 0) is 6.61 Å². The summed E-state index contributed by atoms with van der Waals surface area (Å²) in [6.07, 6.45) is 1.60. The second-order valence-corrected chi connectivity index (χ2v) is 11.1. The summed E-state index contributed by atoms with van der Waals surface area (Å²) in [7, 11) is 0. The highest BCUT2D eigenvalue weighted by Gasteiger charge is 2.12. The Morgan fingerprint density at radius 1 is 0.875 bits per heavy atom. The Labute approximate surface area is 250 Å². The first-order chi connectivity index (χ1) is 19.4. The SMILES string of the molecule is Cc1ccc(COc2c(Br)cc(/C=N/NC(=O)c3ccc(-n4c(C)ccc4-c4ccccc4)cc3)cc2Br)cc1. The molecule has 5 rings (SSSR count). The minimum atomic E-state index is -0.286. The number of carbonyl (C=O) groups excluding carboxylic acids is 1. The van der Waals surface area contributed by atoms with Crippen molar-refractivity contribution < 1.29 is 9.53 Å². The van der Waals surface area contributed by atoms with E-state index in [1.807, 2.05) is 54.6 Å². The summed E-state index contributed by atoms with van der Waals surface area (Å²) in [6.45, 7) is 4.59. The molecule has 0 atom stereocenters. The number of hydrogen-bond acceptors (Lipinski definition) is 3. The van der Waals surface area contributed by atoms with Gasteiger partial charge < -0.3 is 9.30 Å². The van der Waals surface area contributed by atoms with E-state index in [0.717, 1.165) is 42.7 Å². The van der Waals surface area contributed by atoms with Gasteiger partial charge in [0.2, 0.25) is 0 Å². The molecular formula is C33H27Br2N3O2. The molecule has 1 amide bonds. The van der Waals surface area contributed by atoms with Crippen LogP contribution in [0.3, 0.4) is 0 Å². The van der Waals surface area contributed by atoms with Gasteiger partial charge in [-0.1, -0.05) is 60.2 Å². The first kappa shape index (κ1) is 27.6. The molecule has 0 aliphatic carbocycles. The molecule has 0 bridgehead atoms. The topological polar surface area (TPSA) is 55.6 Å². The smallest absolute Gasteiger partial charge is 0.271 e. The lowest BCUT2D eigenvalue weighted by atomic mass is 10.1. The number of rotatable bonds is 8. The number of amides is 1. The van der Waals surface area contributed by atoms with Gasteiger partial charge in [-0.2, -0.15) is 5.10 Å². The molecule has 0 unspecified atom stereocenters. The Bertz CT molecular complexity index is 1640. The van der Waals surface area contributed by atoms with Crippen LogP contribution < -0.4 is 10.2 Å². The standard InChI is InChI=1S/C33H27Br2N3O2/c1-22-8-11-24(12-9-22)21-40-32-29(34)18-25(19-30(32)35)20-36-37-33(39)27-13-15-28(16-14-27)38-23(2)10-17-31(38)26-6-4-3-5-7-26/h3-20H,21H2,1-2H3,(H,37,39)/b36-20+. The lowest BCUT2D eigenvalue weighted by Gasteiger charge is -2.13. The molecular weight excluding hydrogens is 630 g/mol. The number of hydrazone groups is 1. The largest absolute Gasteiger partial charge is 0.487 e. The number of ether oxygens (including phenoxy) is 1. The number of halogens is 2. The summed E-state index contributed by atoms with van der Waals surface area (Å²) < 4.78 is 9.76. The third-order valence-corrected chi connectivity index (χ3v) is 7.62. The van der Waals surface area contributed by atoms with Crippen molar-refractivity contribution in [2.45, 2.75) is 20.5 Å². The summed E-state index contributed by atoms with van der Waals surface area (Å²) in [5, 5.41) is 4.16. The van der Waals surface area contributed by atoms with Gasteiger partial charge in [-0.05, 0) is 111 Å². The second-order valence-electron chi connectivity index (χ2n) is 9.40. The summed E-state index contributed by atoms with van der Waals surface area (Å²) in [5.41, 5.74) is 10.6. The van der Waals surface area contributed by atoms with Gasteiger partial charge in [0, 0.05) is 16.9 Å². The molecule has 0 radical (unpaired) electrons. The fourth-order valence-electron chi connectivity index (χ4n) is 4.34. The Balaban J connectivity index is 1.23. The fourth-order valence-corrected chi connectivity index (χ4v) is 5.79. The molecule has 0 saturated heterocycles. The van der Waals surface area contributed by atoms with Crippen molar-refractivity contribution in [3.05, 3.63) is 140 Å².